The molecule has 0 amide bonds. The molecule has 41 heavy (non-hydrogen) atoms. The topological polar surface area (TPSA) is 43.6 Å². The average Bonchev–Trinajstić information content (AvgIpc) is 3.34. The summed E-state index contributed by atoms with van der Waals surface area (Å²) in [6.07, 6.45) is 0. The fourth-order valence-corrected chi connectivity index (χ4v) is 6.44. The Kier molecular flexibility index (Phi) is 5.05. The predicted molar refractivity (Wildman–Crippen MR) is 167 cm³/mol. The highest BCUT2D eigenvalue weighted by atomic mass is 15.0. The number of aromatic nitrogens is 4. The normalized spacial score (nSPS) is 13.4. The maximum Gasteiger partial charge on any atom is 0.164 e. The number of para-hydroxylation sites is 1. The van der Waals surface area contributed by atoms with Gasteiger partial charge >= 0.3 is 0 Å². The molecule has 8 rings (SSSR count). The van der Waals surface area contributed by atoms with E-state index in [4.69, 9.17) is 15.0 Å². The van der Waals surface area contributed by atoms with Crippen molar-refractivity contribution in [3.05, 3.63) is 132 Å². The molecule has 2 aromatic heterocycles. The summed E-state index contributed by atoms with van der Waals surface area (Å²) in [7, 11) is 0. The Bertz CT molecular complexity index is 2070. The van der Waals surface area contributed by atoms with Gasteiger partial charge in [-0.3, -0.25) is 0 Å². The summed E-state index contributed by atoms with van der Waals surface area (Å²) in [5, 5.41) is 2.47. The van der Waals surface area contributed by atoms with Crippen molar-refractivity contribution in [2.75, 3.05) is 0 Å². The molecule has 4 heteroatoms. The second kappa shape index (κ2) is 8.70. The van der Waals surface area contributed by atoms with E-state index in [0.717, 1.165) is 16.7 Å². The number of benzene rings is 5. The molecule has 0 atom stereocenters. The van der Waals surface area contributed by atoms with Crippen molar-refractivity contribution in [2.45, 2.75) is 26.2 Å². The average molecular weight is 529 g/mol. The SMILES string of the molecule is Cc1cc2c3c(c1)c1cc(-c4nc(-c5ccccc5)nc(-c5ccccc5)n4)ccc1n3-c1ccccc1C2(C)C. The molecule has 1 aliphatic heterocycles. The molecule has 0 fully saturated rings. The highest BCUT2D eigenvalue weighted by Crippen LogP contribution is 2.48. The molecule has 196 valence electrons. The lowest BCUT2D eigenvalue weighted by Crippen LogP contribution is -2.26. The van der Waals surface area contributed by atoms with Gasteiger partial charge in [0.15, 0.2) is 17.5 Å². The van der Waals surface area contributed by atoms with Crippen LogP contribution in [0.5, 0.6) is 0 Å². The Balaban J connectivity index is 1.41. The van der Waals surface area contributed by atoms with E-state index >= 15 is 0 Å². The summed E-state index contributed by atoms with van der Waals surface area (Å²) in [6.45, 7) is 6.88. The Morgan fingerprint density at radius 2 is 1.12 bits per heavy atom. The highest BCUT2D eigenvalue weighted by molar-refractivity contribution is 6.12. The molecule has 7 aromatic rings. The van der Waals surface area contributed by atoms with E-state index in [1.165, 1.54) is 44.2 Å². The first-order valence-electron chi connectivity index (χ1n) is 14.1. The van der Waals surface area contributed by atoms with Crippen LogP contribution in [0, 0.1) is 6.92 Å². The van der Waals surface area contributed by atoms with Crippen LogP contribution < -0.4 is 0 Å². The van der Waals surface area contributed by atoms with Crippen molar-refractivity contribution in [2.24, 2.45) is 0 Å². The third-order valence-electron chi connectivity index (χ3n) is 8.45. The quantitative estimate of drug-likeness (QED) is 0.230. The number of hydrogen-bond donors (Lipinski definition) is 0. The van der Waals surface area contributed by atoms with Gasteiger partial charge in [-0.15, -0.1) is 0 Å². The van der Waals surface area contributed by atoms with Gasteiger partial charge in [0, 0.05) is 32.9 Å². The first-order valence-corrected chi connectivity index (χ1v) is 14.1. The Hall–Kier alpha value is -5.09. The van der Waals surface area contributed by atoms with Crippen molar-refractivity contribution in [1.29, 1.82) is 0 Å². The first kappa shape index (κ1) is 23.8. The Morgan fingerprint density at radius 3 is 1.78 bits per heavy atom. The number of fused-ring (bicyclic) bond motifs is 5. The Labute approximate surface area is 239 Å². The van der Waals surface area contributed by atoms with Crippen LogP contribution in [0.3, 0.4) is 0 Å². The number of nitrogens with zero attached hydrogens (tertiary/aromatic N) is 4. The molecule has 5 aromatic carbocycles. The zero-order valence-corrected chi connectivity index (χ0v) is 23.3. The zero-order valence-electron chi connectivity index (χ0n) is 23.3. The summed E-state index contributed by atoms with van der Waals surface area (Å²) < 4.78 is 2.45. The van der Waals surface area contributed by atoms with Crippen molar-refractivity contribution in [3.63, 3.8) is 0 Å². The molecule has 0 saturated heterocycles. The summed E-state index contributed by atoms with van der Waals surface area (Å²) in [5.74, 6) is 2.01. The molecule has 0 unspecified atom stereocenters. The van der Waals surface area contributed by atoms with Gasteiger partial charge in [0.1, 0.15) is 0 Å². The molecule has 0 bridgehead atoms. The van der Waals surface area contributed by atoms with E-state index in [9.17, 15) is 0 Å². The van der Waals surface area contributed by atoms with E-state index in [-0.39, 0.29) is 5.41 Å². The lowest BCUT2D eigenvalue weighted by Gasteiger charge is -2.34. The predicted octanol–water partition coefficient (Wildman–Crippen LogP) is 8.92. The van der Waals surface area contributed by atoms with Gasteiger partial charge in [-0.1, -0.05) is 104 Å². The minimum Gasteiger partial charge on any atom is -0.309 e. The van der Waals surface area contributed by atoms with E-state index in [0.29, 0.717) is 17.5 Å². The van der Waals surface area contributed by atoms with Crippen LogP contribution in [0.25, 0.3) is 61.7 Å². The molecular formula is C37H28N4. The first-order chi connectivity index (χ1) is 20.0. The van der Waals surface area contributed by atoms with Crippen molar-refractivity contribution in [3.8, 4) is 39.9 Å². The minimum absolute atomic E-state index is 0.0998. The van der Waals surface area contributed by atoms with Gasteiger partial charge in [0.25, 0.3) is 0 Å². The van der Waals surface area contributed by atoms with Crippen molar-refractivity contribution < 1.29 is 0 Å². The fourth-order valence-electron chi connectivity index (χ4n) is 6.44. The second-order valence-electron chi connectivity index (χ2n) is 11.5. The summed E-state index contributed by atoms with van der Waals surface area (Å²) in [5.41, 5.74) is 10.5. The standard InChI is InChI=1S/C37H28N4/c1-23-20-28-27-22-26(18-19-31(27)41-32-17-11-10-16-29(32)37(2,3)30(21-23)33(28)41)36-39-34(24-12-6-4-7-13-24)38-35(40-36)25-14-8-5-9-15-25/h4-22H,1-3H3. The molecule has 0 N–H and O–H groups in total. The van der Waals surface area contributed by atoms with Crippen LogP contribution in [-0.2, 0) is 5.41 Å². The molecule has 0 radical (unpaired) electrons. The lowest BCUT2D eigenvalue weighted by atomic mass is 9.74. The van der Waals surface area contributed by atoms with Crippen molar-refractivity contribution >= 4 is 21.8 Å². The van der Waals surface area contributed by atoms with Crippen LogP contribution in [0.4, 0.5) is 0 Å². The summed E-state index contributed by atoms with van der Waals surface area (Å²) >= 11 is 0. The van der Waals surface area contributed by atoms with Gasteiger partial charge in [-0.2, -0.15) is 0 Å². The molecule has 0 aliphatic carbocycles. The summed E-state index contributed by atoms with van der Waals surface area (Å²) in [4.78, 5) is 14.9. The number of aryl methyl sites for hydroxylation is 1. The zero-order chi connectivity index (χ0) is 27.7. The molecule has 0 saturated carbocycles. The monoisotopic (exact) mass is 528 g/mol. The Morgan fingerprint density at radius 1 is 0.537 bits per heavy atom. The van der Waals surface area contributed by atoms with Gasteiger partial charge in [0.2, 0.25) is 0 Å². The largest absolute Gasteiger partial charge is 0.309 e. The van der Waals surface area contributed by atoms with Crippen LogP contribution in [0.1, 0.15) is 30.5 Å². The fraction of sp³-hybridized carbons (Fsp3) is 0.108. The number of rotatable bonds is 3. The third-order valence-corrected chi connectivity index (χ3v) is 8.45. The van der Waals surface area contributed by atoms with Crippen LogP contribution >= 0.6 is 0 Å². The van der Waals surface area contributed by atoms with Gasteiger partial charge in [-0.25, -0.2) is 15.0 Å². The summed E-state index contributed by atoms with van der Waals surface area (Å²) in [6, 6.07) is 40.4. The number of hydrogen-bond acceptors (Lipinski definition) is 3. The third kappa shape index (κ3) is 3.57. The van der Waals surface area contributed by atoms with Crippen LogP contribution in [0.2, 0.25) is 0 Å². The molecule has 0 spiro atoms. The lowest BCUT2D eigenvalue weighted by molar-refractivity contribution is 0.629. The van der Waals surface area contributed by atoms with Gasteiger partial charge < -0.3 is 4.57 Å². The van der Waals surface area contributed by atoms with E-state index in [1.54, 1.807) is 0 Å². The second-order valence-corrected chi connectivity index (χ2v) is 11.5. The van der Waals surface area contributed by atoms with E-state index in [2.05, 4.69) is 79.9 Å². The smallest absolute Gasteiger partial charge is 0.164 e. The van der Waals surface area contributed by atoms with E-state index in [1.807, 2.05) is 60.7 Å². The molecule has 1 aliphatic rings. The molecule has 3 heterocycles. The molecule has 4 nitrogen and oxygen atoms in total. The minimum atomic E-state index is -0.0998. The maximum atomic E-state index is 4.99. The van der Waals surface area contributed by atoms with Gasteiger partial charge in [-0.05, 0) is 48.4 Å². The molecular weight excluding hydrogens is 500 g/mol. The van der Waals surface area contributed by atoms with Crippen LogP contribution in [-0.4, -0.2) is 19.5 Å². The maximum absolute atomic E-state index is 4.99. The van der Waals surface area contributed by atoms with Crippen LogP contribution in [0.15, 0.2) is 115 Å². The van der Waals surface area contributed by atoms with Crippen molar-refractivity contribution in [1.82, 2.24) is 19.5 Å². The highest BCUT2D eigenvalue weighted by Gasteiger charge is 2.35. The van der Waals surface area contributed by atoms with Gasteiger partial charge in [0.05, 0.1) is 16.7 Å². The van der Waals surface area contributed by atoms with E-state index < -0.39 is 0 Å².